The number of carbonyl (C=O) groups excluding carboxylic acids is 1. The first-order chi connectivity index (χ1) is 16.2. The fourth-order valence-electron chi connectivity index (χ4n) is 5.43. The number of piperidine rings is 2. The van der Waals surface area contributed by atoms with Gasteiger partial charge in [0.1, 0.15) is 23.4 Å². The molecule has 4 heterocycles. The molecular weight excluding hydrogens is 412 g/mol. The molecule has 1 aromatic rings. The number of amides is 1. The van der Waals surface area contributed by atoms with Crippen LogP contribution in [-0.4, -0.2) is 53.6 Å². The number of benzene rings is 1. The number of aliphatic imine (C=N–C) groups is 2. The van der Waals surface area contributed by atoms with Gasteiger partial charge in [-0.3, -0.25) is 9.79 Å². The molecule has 170 valence electrons. The molecule has 2 saturated heterocycles. The number of nitriles is 1. The Labute approximate surface area is 195 Å². The van der Waals surface area contributed by atoms with E-state index >= 15 is 0 Å². The molecule has 2 fully saturated rings. The van der Waals surface area contributed by atoms with Crippen LogP contribution in [0.4, 0.5) is 0 Å². The largest absolute Gasteiger partial charge is 0.360 e. The third-order valence-electron chi connectivity index (χ3n) is 7.25. The maximum Gasteiger partial charge on any atom is 0.229 e. The molecule has 0 bridgehead atoms. The zero-order chi connectivity index (χ0) is 22.7. The van der Waals surface area contributed by atoms with Crippen molar-refractivity contribution in [2.24, 2.45) is 15.4 Å². The molecule has 7 heteroatoms. The molecule has 5 rings (SSSR count). The van der Waals surface area contributed by atoms with Crippen LogP contribution in [-0.2, 0) is 11.3 Å². The summed E-state index contributed by atoms with van der Waals surface area (Å²) in [7, 11) is 0. The Bertz CT molecular complexity index is 1080. The third-order valence-corrected chi connectivity index (χ3v) is 7.25. The lowest BCUT2D eigenvalue weighted by atomic mass is 9.71. The Morgan fingerprint density at radius 3 is 2.85 bits per heavy atom. The van der Waals surface area contributed by atoms with Crippen molar-refractivity contribution in [2.45, 2.75) is 45.1 Å². The zero-order valence-corrected chi connectivity index (χ0v) is 19.0. The molecule has 0 aliphatic carbocycles. The van der Waals surface area contributed by atoms with Gasteiger partial charge in [-0.05, 0) is 55.9 Å². The molecule has 7 nitrogen and oxygen atoms in total. The van der Waals surface area contributed by atoms with Gasteiger partial charge in [0.15, 0.2) is 0 Å². The highest BCUT2D eigenvalue weighted by Gasteiger charge is 2.46. The van der Waals surface area contributed by atoms with E-state index in [2.05, 4.69) is 49.4 Å². The molecule has 0 saturated carbocycles. The molecule has 1 amide bonds. The molecule has 0 atom stereocenters. The van der Waals surface area contributed by atoms with Crippen LogP contribution in [0.5, 0.6) is 0 Å². The Morgan fingerprint density at radius 1 is 1.18 bits per heavy atom. The predicted molar refractivity (Wildman–Crippen MR) is 128 cm³/mol. The topological polar surface area (TPSA) is 84.1 Å². The maximum atomic E-state index is 13.7. The molecule has 1 aromatic carbocycles. The Balaban J connectivity index is 1.25. The highest BCUT2D eigenvalue weighted by Crippen LogP contribution is 2.41. The molecule has 4 aliphatic heterocycles. The van der Waals surface area contributed by atoms with Crippen molar-refractivity contribution in [3.8, 4) is 6.07 Å². The second-order valence-corrected chi connectivity index (χ2v) is 9.30. The summed E-state index contributed by atoms with van der Waals surface area (Å²) in [5, 5.41) is 12.4. The molecule has 33 heavy (non-hydrogen) atoms. The van der Waals surface area contributed by atoms with Crippen LogP contribution >= 0.6 is 0 Å². The van der Waals surface area contributed by atoms with E-state index in [0.717, 1.165) is 81.0 Å². The second kappa shape index (κ2) is 9.22. The smallest absolute Gasteiger partial charge is 0.229 e. The van der Waals surface area contributed by atoms with Crippen LogP contribution in [0.3, 0.4) is 0 Å². The number of nitrogens with one attached hydrogen (secondary N) is 1. The van der Waals surface area contributed by atoms with Gasteiger partial charge in [-0.15, -0.1) is 0 Å². The van der Waals surface area contributed by atoms with E-state index in [1.54, 1.807) is 0 Å². The van der Waals surface area contributed by atoms with E-state index in [0.29, 0.717) is 24.7 Å². The summed E-state index contributed by atoms with van der Waals surface area (Å²) in [5.41, 5.74) is 2.46. The van der Waals surface area contributed by atoms with Gasteiger partial charge < -0.3 is 15.1 Å². The summed E-state index contributed by atoms with van der Waals surface area (Å²) in [5.74, 6) is 2.20. The molecule has 0 radical (unpaired) electrons. The van der Waals surface area contributed by atoms with Gasteiger partial charge in [-0.1, -0.05) is 18.2 Å². The van der Waals surface area contributed by atoms with Gasteiger partial charge in [0.05, 0.1) is 12.0 Å². The summed E-state index contributed by atoms with van der Waals surface area (Å²) in [6, 6.07) is 10.5. The van der Waals surface area contributed by atoms with Crippen LogP contribution < -0.4 is 5.32 Å². The highest BCUT2D eigenvalue weighted by molar-refractivity contribution is 6.00. The number of carbonyl (C=O) groups is 1. The molecular formula is C26H30N6O. The van der Waals surface area contributed by atoms with Crippen molar-refractivity contribution in [1.29, 1.82) is 5.26 Å². The van der Waals surface area contributed by atoms with Gasteiger partial charge in [-0.25, -0.2) is 4.99 Å². The Morgan fingerprint density at radius 2 is 2.06 bits per heavy atom. The summed E-state index contributed by atoms with van der Waals surface area (Å²) in [4.78, 5) is 27.1. The lowest BCUT2D eigenvalue weighted by Gasteiger charge is -2.47. The van der Waals surface area contributed by atoms with Crippen molar-refractivity contribution >= 4 is 17.6 Å². The average molecular weight is 443 g/mol. The number of rotatable bonds is 3. The van der Waals surface area contributed by atoms with Gasteiger partial charge in [0.25, 0.3) is 0 Å². The van der Waals surface area contributed by atoms with Gasteiger partial charge in [0, 0.05) is 44.4 Å². The first-order valence-electron chi connectivity index (χ1n) is 11.9. The van der Waals surface area contributed by atoms with Crippen LogP contribution in [0.15, 0.2) is 58.3 Å². The number of amidine groups is 2. The van der Waals surface area contributed by atoms with E-state index < -0.39 is 0 Å². The minimum absolute atomic E-state index is 0.255. The van der Waals surface area contributed by atoms with Crippen molar-refractivity contribution in [2.75, 3.05) is 26.2 Å². The van der Waals surface area contributed by atoms with Crippen LogP contribution in [0.2, 0.25) is 0 Å². The van der Waals surface area contributed by atoms with Crippen LogP contribution in [0, 0.1) is 16.7 Å². The van der Waals surface area contributed by atoms with Crippen molar-refractivity contribution in [3.05, 3.63) is 59.4 Å². The second-order valence-electron chi connectivity index (χ2n) is 9.30. The van der Waals surface area contributed by atoms with E-state index in [1.807, 2.05) is 24.4 Å². The van der Waals surface area contributed by atoms with E-state index in [4.69, 9.17) is 0 Å². The number of hydrogen-bond donors (Lipinski definition) is 1. The minimum atomic E-state index is -0.255. The maximum absolute atomic E-state index is 13.7. The molecule has 1 N–H and O–H groups in total. The van der Waals surface area contributed by atoms with Gasteiger partial charge in [0.2, 0.25) is 5.91 Å². The van der Waals surface area contributed by atoms with E-state index in [9.17, 15) is 10.1 Å². The quantitative estimate of drug-likeness (QED) is 0.778. The van der Waals surface area contributed by atoms with Crippen LogP contribution in [0.25, 0.3) is 0 Å². The standard InChI is InChI=1S/C26H30N6O/c27-18-22-7-2-8-23(30-22)31-15-10-26(11-16-31)9-3-14-32(25(26)33)19-20-5-1-6-21(17-20)24-28-12-4-13-29-24/h1,4-7,12,17H,2-3,8-11,13-16,19H2,(H,28,29). The minimum Gasteiger partial charge on any atom is -0.360 e. The highest BCUT2D eigenvalue weighted by atomic mass is 16.2. The third kappa shape index (κ3) is 4.43. The molecule has 4 aliphatic rings. The predicted octanol–water partition coefficient (Wildman–Crippen LogP) is 3.35. The monoisotopic (exact) mass is 442 g/mol. The zero-order valence-electron chi connectivity index (χ0n) is 19.0. The molecule has 0 unspecified atom stereocenters. The molecule has 1 spiro atoms. The summed E-state index contributed by atoms with van der Waals surface area (Å²) in [6.07, 6.45) is 11.3. The first-order valence-corrected chi connectivity index (χ1v) is 11.9. The first kappa shape index (κ1) is 21.4. The number of likely N-dealkylation sites (tertiary alicyclic amines) is 2. The fourth-order valence-corrected chi connectivity index (χ4v) is 5.43. The number of allylic oxidation sites excluding steroid dienone is 2. The summed E-state index contributed by atoms with van der Waals surface area (Å²) in [6.45, 7) is 3.83. The fraction of sp³-hybridized carbons (Fsp3) is 0.462. The average Bonchev–Trinajstić information content (AvgIpc) is 2.88. The van der Waals surface area contributed by atoms with Gasteiger partial charge in [-0.2, -0.15) is 5.26 Å². The van der Waals surface area contributed by atoms with Crippen LogP contribution in [0.1, 0.15) is 49.7 Å². The Kier molecular flexibility index (Phi) is 5.99. The van der Waals surface area contributed by atoms with Crippen molar-refractivity contribution < 1.29 is 4.79 Å². The normalized spacial score (nSPS) is 22.3. The number of nitrogens with zero attached hydrogens (tertiary/aromatic N) is 5. The van der Waals surface area contributed by atoms with Crippen molar-refractivity contribution in [3.63, 3.8) is 0 Å². The summed E-state index contributed by atoms with van der Waals surface area (Å²) < 4.78 is 0. The van der Waals surface area contributed by atoms with E-state index in [1.165, 1.54) is 0 Å². The SMILES string of the molecule is N#CC1=CCCC(N2CCC3(CCCN(Cc4cccc(C5=NCC=CN5)c4)C3=O)CC2)=N1. The lowest BCUT2D eigenvalue weighted by molar-refractivity contribution is -0.150. The number of hydrogen-bond acceptors (Lipinski definition) is 6. The summed E-state index contributed by atoms with van der Waals surface area (Å²) >= 11 is 0. The molecule has 0 aromatic heterocycles. The van der Waals surface area contributed by atoms with E-state index in [-0.39, 0.29) is 5.41 Å². The van der Waals surface area contributed by atoms with Crippen molar-refractivity contribution in [1.82, 2.24) is 15.1 Å². The lowest BCUT2D eigenvalue weighted by Crippen LogP contribution is -2.54. The van der Waals surface area contributed by atoms with Gasteiger partial charge >= 0.3 is 0 Å². The Hall–Kier alpha value is -3.40.